The molecule has 1 atom stereocenters. The first-order chi connectivity index (χ1) is 8.99. The highest BCUT2D eigenvalue weighted by atomic mass is 16.6. The van der Waals surface area contributed by atoms with E-state index in [1.807, 2.05) is 19.1 Å². The van der Waals surface area contributed by atoms with Crippen LogP contribution in [0.3, 0.4) is 0 Å². The minimum atomic E-state index is -0.347. The van der Waals surface area contributed by atoms with Gasteiger partial charge in [-0.3, -0.25) is 15.0 Å². The van der Waals surface area contributed by atoms with Gasteiger partial charge in [-0.1, -0.05) is 13.0 Å². The zero-order valence-electron chi connectivity index (χ0n) is 12.1. The van der Waals surface area contributed by atoms with Gasteiger partial charge in [0.25, 0.3) is 5.69 Å². The van der Waals surface area contributed by atoms with E-state index in [0.717, 1.165) is 18.5 Å². The van der Waals surface area contributed by atoms with E-state index in [1.54, 1.807) is 6.07 Å². The van der Waals surface area contributed by atoms with Crippen molar-refractivity contribution in [3.8, 4) is 0 Å². The fraction of sp³-hybridized carbons (Fsp3) is 0.571. The average molecular weight is 265 g/mol. The van der Waals surface area contributed by atoms with Gasteiger partial charge in [-0.05, 0) is 38.9 Å². The summed E-state index contributed by atoms with van der Waals surface area (Å²) in [4.78, 5) is 12.8. The Bertz CT molecular complexity index is 435. The summed E-state index contributed by atoms with van der Waals surface area (Å²) in [6.07, 6.45) is 1.09. The fourth-order valence-electron chi connectivity index (χ4n) is 1.93. The van der Waals surface area contributed by atoms with Gasteiger partial charge in [0.1, 0.15) is 5.69 Å². The number of anilines is 1. The molecular weight excluding hydrogens is 242 g/mol. The Balaban J connectivity index is 2.92. The molecule has 19 heavy (non-hydrogen) atoms. The van der Waals surface area contributed by atoms with Crippen molar-refractivity contribution in [1.82, 2.24) is 4.90 Å². The summed E-state index contributed by atoms with van der Waals surface area (Å²) in [7, 11) is 2.07. The van der Waals surface area contributed by atoms with Crippen molar-refractivity contribution in [2.75, 3.05) is 18.9 Å². The standard InChI is InChI=1S/C14H23N3O2/c1-5-11(3)16(4)10-12-7-8-14(17(18)19)13(9-12)15-6-2/h7-9,11,15H,5-6,10H2,1-4H3. The Kier molecular flexibility index (Phi) is 5.76. The largest absolute Gasteiger partial charge is 0.380 e. The second-order valence-corrected chi connectivity index (χ2v) is 4.81. The zero-order valence-corrected chi connectivity index (χ0v) is 12.1. The Morgan fingerprint density at radius 2 is 2.11 bits per heavy atom. The van der Waals surface area contributed by atoms with E-state index in [0.29, 0.717) is 18.3 Å². The maximum absolute atomic E-state index is 10.9. The first-order valence-electron chi connectivity index (χ1n) is 6.71. The number of rotatable bonds is 7. The smallest absolute Gasteiger partial charge is 0.292 e. The van der Waals surface area contributed by atoms with Crippen LogP contribution in [0.25, 0.3) is 0 Å². The van der Waals surface area contributed by atoms with Crippen LogP contribution < -0.4 is 5.32 Å². The average Bonchev–Trinajstić information content (AvgIpc) is 2.38. The molecule has 0 amide bonds. The Morgan fingerprint density at radius 1 is 1.42 bits per heavy atom. The molecule has 0 aromatic heterocycles. The third-order valence-electron chi connectivity index (χ3n) is 3.40. The van der Waals surface area contributed by atoms with Crippen LogP contribution in [-0.2, 0) is 6.54 Å². The van der Waals surface area contributed by atoms with Gasteiger partial charge in [-0.25, -0.2) is 0 Å². The molecule has 0 radical (unpaired) electrons. The maximum Gasteiger partial charge on any atom is 0.292 e. The quantitative estimate of drug-likeness (QED) is 0.607. The van der Waals surface area contributed by atoms with Gasteiger partial charge in [-0.15, -0.1) is 0 Å². The number of nitrogens with one attached hydrogen (secondary N) is 1. The van der Waals surface area contributed by atoms with Gasteiger partial charge >= 0.3 is 0 Å². The van der Waals surface area contributed by atoms with Crippen molar-refractivity contribution in [2.24, 2.45) is 0 Å². The molecule has 1 N–H and O–H groups in total. The van der Waals surface area contributed by atoms with Gasteiger partial charge in [0.15, 0.2) is 0 Å². The molecule has 106 valence electrons. The van der Waals surface area contributed by atoms with Crippen molar-refractivity contribution in [3.63, 3.8) is 0 Å². The summed E-state index contributed by atoms with van der Waals surface area (Å²) in [6, 6.07) is 5.79. The minimum Gasteiger partial charge on any atom is -0.380 e. The lowest BCUT2D eigenvalue weighted by Crippen LogP contribution is -2.27. The Hall–Kier alpha value is -1.62. The molecule has 0 saturated carbocycles. The lowest BCUT2D eigenvalue weighted by molar-refractivity contribution is -0.384. The van der Waals surface area contributed by atoms with Crippen molar-refractivity contribution in [3.05, 3.63) is 33.9 Å². The molecule has 0 heterocycles. The summed E-state index contributed by atoms with van der Waals surface area (Å²) >= 11 is 0. The van der Waals surface area contributed by atoms with Crippen LogP contribution >= 0.6 is 0 Å². The van der Waals surface area contributed by atoms with E-state index in [2.05, 4.69) is 31.1 Å². The van der Waals surface area contributed by atoms with E-state index >= 15 is 0 Å². The van der Waals surface area contributed by atoms with Gasteiger partial charge < -0.3 is 5.32 Å². The number of nitrogens with zero attached hydrogens (tertiary/aromatic N) is 2. The Labute approximate surface area is 114 Å². The normalized spacial score (nSPS) is 12.5. The molecule has 0 aliphatic heterocycles. The molecule has 5 nitrogen and oxygen atoms in total. The van der Waals surface area contributed by atoms with Crippen LogP contribution in [0.2, 0.25) is 0 Å². The zero-order chi connectivity index (χ0) is 14.4. The summed E-state index contributed by atoms with van der Waals surface area (Å²) in [5.41, 5.74) is 1.82. The predicted octanol–water partition coefficient (Wildman–Crippen LogP) is 3.26. The van der Waals surface area contributed by atoms with Gasteiger partial charge in [0.05, 0.1) is 4.92 Å². The highest BCUT2D eigenvalue weighted by Gasteiger charge is 2.15. The molecule has 0 fully saturated rings. The highest BCUT2D eigenvalue weighted by molar-refractivity contribution is 5.62. The van der Waals surface area contributed by atoms with Crippen LogP contribution in [0.15, 0.2) is 18.2 Å². The highest BCUT2D eigenvalue weighted by Crippen LogP contribution is 2.26. The molecule has 0 aliphatic rings. The number of hydrogen-bond acceptors (Lipinski definition) is 4. The Morgan fingerprint density at radius 3 is 2.63 bits per heavy atom. The summed E-state index contributed by atoms with van der Waals surface area (Å²) in [6.45, 7) is 7.73. The molecule has 0 spiro atoms. The van der Waals surface area contributed by atoms with Crippen molar-refractivity contribution in [1.29, 1.82) is 0 Å². The topological polar surface area (TPSA) is 58.4 Å². The number of hydrogen-bond donors (Lipinski definition) is 1. The lowest BCUT2D eigenvalue weighted by Gasteiger charge is -2.23. The van der Waals surface area contributed by atoms with Gasteiger partial charge in [-0.2, -0.15) is 0 Å². The number of benzene rings is 1. The second kappa shape index (κ2) is 7.09. The molecule has 0 saturated heterocycles. The van der Waals surface area contributed by atoms with Crippen LogP contribution in [0.1, 0.15) is 32.8 Å². The monoisotopic (exact) mass is 265 g/mol. The van der Waals surface area contributed by atoms with E-state index in [9.17, 15) is 10.1 Å². The first-order valence-corrected chi connectivity index (χ1v) is 6.71. The van der Waals surface area contributed by atoms with E-state index < -0.39 is 0 Å². The van der Waals surface area contributed by atoms with Gasteiger partial charge in [0.2, 0.25) is 0 Å². The fourth-order valence-corrected chi connectivity index (χ4v) is 1.93. The molecule has 1 rings (SSSR count). The van der Waals surface area contributed by atoms with Crippen LogP contribution in [0.4, 0.5) is 11.4 Å². The molecule has 0 bridgehead atoms. The van der Waals surface area contributed by atoms with E-state index in [-0.39, 0.29) is 10.6 Å². The molecule has 1 unspecified atom stereocenters. The summed E-state index contributed by atoms with van der Waals surface area (Å²) < 4.78 is 0. The number of nitro benzene ring substituents is 1. The molecule has 1 aromatic rings. The van der Waals surface area contributed by atoms with Crippen molar-refractivity contribution in [2.45, 2.75) is 39.8 Å². The van der Waals surface area contributed by atoms with Crippen LogP contribution in [-0.4, -0.2) is 29.5 Å². The maximum atomic E-state index is 10.9. The summed E-state index contributed by atoms with van der Waals surface area (Å²) in [5.74, 6) is 0. The second-order valence-electron chi connectivity index (χ2n) is 4.81. The third kappa shape index (κ3) is 4.21. The first kappa shape index (κ1) is 15.4. The minimum absolute atomic E-state index is 0.136. The summed E-state index contributed by atoms with van der Waals surface area (Å²) in [5, 5.41) is 14.0. The SMILES string of the molecule is CCNc1cc(CN(C)C(C)CC)ccc1[N+](=O)[O-]. The van der Waals surface area contributed by atoms with Crippen LogP contribution in [0, 0.1) is 10.1 Å². The van der Waals surface area contributed by atoms with Crippen LogP contribution in [0.5, 0.6) is 0 Å². The number of nitro groups is 1. The molecule has 1 aromatic carbocycles. The van der Waals surface area contributed by atoms with Crippen molar-refractivity contribution < 1.29 is 4.92 Å². The molecular formula is C14H23N3O2. The third-order valence-corrected chi connectivity index (χ3v) is 3.40. The van der Waals surface area contributed by atoms with E-state index in [1.165, 1.54) is 0 Å². The van der Waals surface area contributed by atoms with E-state index in [4.69, 9.17) is 0 Å². The van der Waals surface area contributed by atoms with Gasteiger partial charge in [0, 0.05) is 25.2 Å². The molecule has 5 heteroatoms. The predicted molar refractivity (Wildman–Crippen MR) is 78.5 cm³/mol. The van der Waals surface area contributed by atoms with Crippen molar-refractivity contribution >= 4 is 11.4 Å². The molecule has 0 aliphatic carbocycles. The lowest BCUT2D eigenvalue weighted by atomic mass is 10.1.